The molecule has 0 saturated carbocycles. The fourth-order valence-corrected chi connectivity index (χ4v) is 3.44. The van der Waals surface area contributed by atoms with Gasteiger partial charge in [-0.2, -0.15) is 9.61 Å². The number of fused-ring (bicyclic) bond motifs is 1. The van der Waals surface area contributed by atoms with E-state index < -0.39 is 5.97 Å². The van der Waals surface area contributed by atoms with E-state index in [9.17, 15) is 14.4 Å². The summed E-state index contributed by atoms with van der Waals surface area (Å²) in [6.45, 7) is 3.87. The van der Waals surface area contributed by atoms with E-state index in [1.807, 2.05) is 13.8 Å². The van der Waals surface area contributed by atoms with Gasteiger partial charge >= 0.3 is 5.97 Å². The topological polar surface area (TPSA) is 103 Å². The number of anilines is 1. The van der Waals surface area contributed by atoms with Gasteiger partial charge in [0.2, 0.25) is 10.9 Å². The van der Waals surface area contributed by atoms with Crippen molar-refractivity contribution in [2.45, 2.75) is 46.1 Å². The van der Waals surface area contributed by atoms with Crippen molar-refractivity contribution in [2.75, 3.05) is 5.32 Å². The first kappa shape index (κ1) is 20.7. The molecule has 0 atom stereocenters. The Balaban J connectivity index is 1.61. The number of aromatic nitrogens is 3. The molecule has 1 amide bonds. The molecule has 9 heteroatoms. The summed E-state index contributed by atoms with van der Waals surface area (Å²) in [6, 6.07) is 7.79. The lowest BCUT2D eigenvalue weighted by Crippen LogP contribution is -2.16. The largest absolute Gasteiger partial charge is 0.456 e. The first-order chi connectivity index (χ1) is 14.0. The Morgan fingerprint density at radius 3 is 2.66 bits per heavy atom. The molecule has 152 valence electrons. The predicted molar refractivity (Wildman–Crippen MR) is 110 cm³/mol. The molecule has 1 N–H and O–H groups in total. The van der Waals surface area contributed by atoms with Crippen molar-refractivity contribution in [3.63, 3.8) is 0 Å². The molecular formula is C20H22N4O4S. The van der Waals surface area contributed by atoms with Crippen LogP contribution in [0.1, 0.15) is 54.2 Å². The third-order valence-corrected chi connectivity index (χ3v) is 5.21. The van der Waals surface area contributed by atoms with E-state index in [1.54, 1.807) is 24.3 Å². The average Bonchev–Trinajstić information content (AvgIpc) is 3.15. The van der Waals surface area contributed by atoms with Crippen molar-refractivity contribution >= 4 is 33.9 Å². The quantitative estimate of drug-likeness (QED) is 0.568. The lowest BCUT2D eigenvalue weighted by Gasteiger charge is -2.07. The molecule has 0 aliphatic carbocycles. The summed E-state index contributed by atoms with van der Waals surface area (Å²) in [5, 5.41) is 7.78. The maximum atomic E-state index is 12.3. The Morgan fingerprint density at radius 1 is 1.21 bits per heavy atom. The number of rotatable bonds is 8. The number of benzene rings is 1. The summed E-state index contributed by atoms with van der Waals surface area (Å²) in [7, 11) is 0. The van der Waals surface area contributed by atoms with Gasteiger partial charge in [0.25, 0.3) is 5.56 Å². The average molecular weight is 414 g/mol. The number of esters is 1. The molecule has 0 fully saturated rings. The Kier molecular flexibility index (Phi) is 6.71. The zero-order valence-corrected chi connectivity index (χ0v) is 17.1. The predicted octanol–water partition coefficient (Wildman–Crippen LogP) is 3.20. The number of amides is 1. The van der Waals surface area contributed by atoms with Crippen molar-refractivity contribution < 1.29 is 14.3 Å². The first-order valence-electron chi connectivity index (χ1n) is 9.46. The molecule has 3 aromatic rings. The van der Waals surface area contributed by atoms with Crippen LogP contribution in [0.5, 0.6) is 0 Å². The molecule has 1 aromatic carbocycles. The van der Waals surface area contributed by atoms with Gasteiger partial charge in [-0.1, -0.05) is 31.6 Å². The number of nitrogens with one attached hydrogen (secondary N) is 1. The van der Waals surface area contributed by atoms with Gasteiger partial charge in [0, 0.05) is 18.2 Å². The monoisotopic (exact) mass is 414 g/mol. The SMILES string of the molecule is CCCCC(=O)Nc1ccc(C(=O)OCc2cc(=O)n3nc(CC)sc3n2)cc1. The molecule has 3 rings (SSSR count). The van der Waals surface area contributed by atoms with E-state index in [0.717, 1.165) is 17.8 Å². The Bertz CT molecular complexity index is 1070. The van der Waals surface area contributed by atoms with Crippen LogP contribution in [0.2, 0.25) is 0 Å². The van der Waals surface area contributed by atoms with Crippen LogP contribution < -0.4 is 10.9 Å². The number of ether oxygens (including phenoxy) is 1. The maximum Gasteiger partial charge on any atom is 0.338 e. The fourth-order valence-electron chi connectivity index (χ4n) is 2.59. The highest BCUT2D eigenvalue weighted by Crippen LogP contribution is 2.14. The van der Waals surface area contributed by atoms with E-state index in [-0.39, 0.29) is 18.1 Å². The Hall–Kier alpha value is -3.07. The number of carbonyl (C=O) groups excluding carboxylic acids is 2. The second-order valence-electron chi connectivity index (χ2n) is 6.43. The summed E-state index contributed by atoms with van der Waals surface area (Å²) in [5.41, 5.74) is 1.04. The zero-order chi connectivity index (χ0) is 20.8. The molecule has 2 heterocycles. The number of aryl methyl sites for hydroxylation is 1. The van der Waals surface area contributed by atoms with Gasteiger partial charge in [-0.05, 0) is 37.1 Å². The molecular weight excluding hydrogens is 392 g/mol. The van der Waals surface area contributed by atoms with Crippen LogP contribution in [0.4, 0.5) is 5.69 Å². The van der Waals surface area contributed by atoms with Gasteiger partial charge in [-0.25, -0.2) is 9.78 Å². The van der Waals surface area contributed by atoms with Crippen LogP contribution in [0, 0.1) is 0 Å². The number of hydrogen-bond donors (Lipinski definition) is 1. The molecule has 2 aromatic heterocycles. The van der Waals surface area contributed by atoms with E-state index in [2.05, 4.69) is 15.4 Å². The van der Waals surface area contributed by atoms with Gasteiger partial charge in [0.15, 0.2) is 0 Å². The van der Waals surface area contributed by atoms with Crippen LogP contribution in [-0.4, -0.2) is 26.5 Å². The highest BCUT2D eigenvalue weighted by Gasteiger charge is 2.12. The van der Waals surface area contributed by atoms with Crippen molar-refractivity contribution in [1.82, 2.24) is 14.6 Å². The van der Waals surface area contributed by atoms with Gasteiger partial charge in [-0.15, -0.1) is 0 Å². The van der Waals surface area contributed by atoms with E-state index in [4.69, 9.17) is 4.74 Å². The van der Waals surface area contributed by atoms with Gasteiger partial charge in [0.05, 0.1) is 11.3 Å². The smallest absolute Gasteiger partial charge is 0.338 e. The van der Waals surface area contributed by atoms with E-state index in [1.165, 1.54) is 21.9 Å². The summed E-state index contributed by atoms with van der Waals surface area (Å²) in [4.78, 5) is 41.0. The minimum absolute atomic E-state index is 0.0516. The minimum Gasteiger partial charge on any atom is -0.456 e. The highest BCUT2D eigenvalue weighted by molar-refractivity contribution is 7.16. The van der Waals surface area contributed by atoms with E-state index in [0.29, 0.717) is 34.7 Å². The summed E-state index contributed by atoms with van der Waals surface area (Å²) in [5.74, 6) is -0.585. The third kappa shape index (κ3) is 5.26. The van der Waals surface area contributed by atoms with Crippen molar-refractivity contribution in [2.24, 2.45) is 0 Å². The molecule has 0 saturated heterocycles. The molecule has 0 spiro atoms. The maximum absolute atomic E-state index is 12.3. The number of nitrogens with zero attached hydrogens (tertiary/aromatic N) is 3. The zero-order valence-electron chi connectivity index (χ0n) is 16.3. The van der Waals surface area contributed by atoms with Crippen LogP contribution in [0.25, 0.3) is 4.96 Å². The second kappa shape index (κ2) is 9.42. The van der Waals surface area contributed by atoms with Crippen molar-refractivity contribution in [3.05, 3.63) is 57.0 Å². The standard InChI is InChI=1S/C20H22N4O4S/c1-3-5-6-16(25)21-14-9-7-13(8-10-14)19(27)28-12-15-11-18(26)24-20(22-15)29-17(4-2)23-24/h7-11H,3-6,12H2,1-2H3,(H,21,25). The van der Waals surface area contributed by atoms with Crippen molar-refractivity contribution in [3.8, 4) is 0 Å². The van der Waals surface area contributed by atoms with Gasteiger partial charge in [-0.3, -0.25) is 9.59 Å². The molecule has 0 aliphatic heterocycles. The third-order valence-electron chi connectivity index (χ3n) is 4.16. The Morgan fingerprint density at radius 2 is 1.97 bits per heavy atom. The minimum atomic E-state index is -0.533. The lowest BCUT2D eigenvalue weighted by atomic mass is 10.2. The summed E-state index contributed by atoms with van der Waals surface area (Å²) < 4.78 is 6.52. The Labute approximate surface area is 171 Å². The second-order valence-corrected chi connectivity index (χ2v) is 7.48. The first-order valence-corrected chi connectivity index (χ1v) is 10.3. The van der Waals surface area contributed by atoms with Crippen LogP contribution in [0.15, 0.2) is 35.1 Å². The molecule has 29 heavy (non-hydrogen) atoms. The molecule has 0 bridgehead atoms. The van der Waals surface area contributed by atoms with Crippen molar-refractivity contribution in [1.29, 1.82) is 0 Å². The molecule has 0 unspecified atom stereocenters. The van der Waals surface area contributed by atoms with Crippen LogP contribution in [-0.2, 0) is 22.6 Å². The molecule has 0 radical (unpaired) electrons. The lowest BCUT2D eigenvalue weighted by molar-refractivity contribution is -0.116. The fraction of sp³-hybridized carbons (Fsp3) is 0.350. The summed E-state index contributed by atoms with van der Waals surface area (Å²) in [6.07, 6.45) is 2.97. The normalized spacial score (nSPS) is 10.8. The van der Waals surface area contributed by atoms with Crippen LogP contribution >= 0.6 is 11.3 Å². The van der Waals surface area contributed by atoms with Gasteiger partial charge in [0.1, 0.15) is 11.6 Å². The van der Waals surface area contributed by atoms with Crippen LogP contribution in [0.3, 0.4) is 0 Å². The molecule has 8 nitrogen and oxygen atoms in total. The number of carbonyl (C=O) groups is 2. The van der Waals surface area contributed by atoms with E-state index >= 15 is 0 Å². The summed E-state index contributed by atoms with van der Waals surface area (Å²) >= 11 is 1.33. The number of hydrogen-bond acceptors (Lipinski definition) is 7. The van der Waals surface area contributed by atoms with Gasteiger partial charge < -0.3 is 10.1 Å². The highest BCUT2D eigenvalue weighted by atomic mass is 32.1. The molecule has 0 aliphatic rings. The number of unbranched alkanes of at least 4 members (excludes halogenated alkanes) is 1.